The molecule has 0 amide bonds. The van der Waals surface area contributed by atoms with E-state index in [1.807, 2.05) is 19.1 Å². The van der Waals surface area contributed by atoms with Crippen molar-refractivity contribution in [3.05, 3.63) is 63.9 Å². The second-order valence-electron chi connectivity index (χ2n) is 4.80. The smallest absolute Gasteiger partial charge is 0.186 e. The van der Waals surface area contributed by atoms with Crippen LogP contribution in [-0.4, -0.2) is 17.9 Å². The summed E-state index contributed by atoms with van der Waals surface area (Å²) in [6.07, 6.45) is 1.65. The minimum Gasteiger partial charge on any atom is -0.488 e. The van der Waals surface area contributed by atoms with Crippen LogP contribution in [0.3, 0.4) is 0 Å². The first-order valence-electron chi connectivity index (χ1n) is 7.32. The van der Waals surface area contributed by atoms with Gasteiger partial charge in [-0.25, -0.2) is 4.39 Å². The number of halogens is 2. The number of hydrazone groups is 1. The Labute approximate surface area is 154 Å². The number of nitrogens with zero attached hydrogens (tertiary/aromatic N) is 1. The van der Waals surface area contributed by atoms with Crippen molar-refractivity contribution < 1.29 is 9.13 Å². The van der Waals surface area contributed by atoms with Crippen LogP contribution < -0.4 is 15.5 Å². The van der Waals surface area contributed by atoms with Crippen LogP contribution in [0, 0.1) is 5.82 Å². The Kier molecular flexibility index (Phi) is 7.14. The molecule has 2 rings (SSSR count). The monoisotopic (exact) mass is 409 g/mol. The Morgan fingerprint density at radius 3 is 2.83 bits per heavy atom. The van der Waals surface area contributed by atoms with Crippen molar-refractivity contribution in [2.75, 3.05) is 6.54 Å². The lowest BCUT2D eigenvalue weighted by Gasteiger charge is -2.09. The molecule has 0 aliphatic carbocycles. The Morgan fingerprint density at radius 2 is 2.12 bits per heavy atom. The molecule has 4 nitrogen and oxygen atoms in total. The number of thiocarbonyl (C=S) groups is 1. The fraction of sp³-hybridized carbons (Fsp3) is 0.176. The van der Waals surface area contributed by atoms with Gasteiger partial charge in [-0.15, -0.1) is 0 Å². The third-order valence-corrected chi connectivity index (χ3v) is 3.87. The van der Waals surface area contributed by atoms with Gasteiger partial charge >= 0.3 is 0 Å². The number of ether oxygens (including phenoxy) is 1. The molecule has 0 heterocycles. The molecule has 0 saturated carbocycles. The van der Waals surface area contributed by atoms with Crippen LogP contribution >= 0.6 is 28.1 Å². The Balaban J connectivity index is 1.95. The average molecular weight is 410 g/mol. The van der Waals surface area contributed by atoms with Crippen molar-refractivity contribution in [2.45, 2.75) is 13.5 Å². The minimum absolute atomic E-state index is 0.164. The lowest BCUT2D eigenvalue weighted by Crippen LogP contribution is -2.31. The van der Waals surface area contributed by atoms with E-state index < -0.39 is 0 Å². The molecule has 0 aromatic heterocycles. The van der Waals surface area contributed by atoms with Gasteiger partial charge in [0.05, 0.1) is 10.7 Å². The predicted octanol–water partition coefficient (Wildman–Crippen LogP) is 3.99. The van der Waals surface area contributed by atoms with Gasteiger partial charge in [0.2, 0.25) is 0 Å². The molecular weight excluding hydrogens is 393 g/mol. The first kappa shape index (κ1) is 18.4. The summed E-state index contributed by atoms with van der Waals surface area (Å²) in [7, 11) is 0. The van der Waals surface area contributed by atoms with Crippen LogP contribution in [0.5, 0.6) is 5.75 Å². The second-order valence-corrected chi connectivity index (χ2v) is 6.06. The topological polar surface area (TPSA) is 45.7 Å². The van der Waals surface area contributed by atoms with E-state index in [9.17, 15) is 4.39 Å². The molecule has 0 bridgehead atoms. The summed E-state index contributed by atoms with van der Waals surface area (Å²) >= 11 is 8.46. The van der Waals surface area contributed by atoms with Gasteiger partial charge in [0.1, 0.15) is 18.2 Å². The van der Waals surface area contributed by atoms with E-state index in [1.54, 1.807) is 30.5 Å². The summed E-state index contributed by atoms with van der Waals surface area (Å²) in [5.41, 5.74) is 4.10. The summed E-state index contributed by atoms with van der Waals surface area (Å²) < 4.78 is 20.0. The molecule has 0 radical (unpaired) electrons. The Bertz CT molecular complexity index is 740. The van der Waals surface area contributed by atoms with E-state index in [-0.39, 0.29) is 12.4 Å². The molecule has 0 aliphatic rings. The number of rotatable bonds is 6. The summed E-state index contributed by atoms with van der Waals surface area (Å²) in [5.74, 6) is 0.353. The molecule has 7 heteroatoms. The second kappa shape index (κ2) is 9.34. The van der Waals surface area contributed by atoms with Crippen LogP contribution in [-0.2, 0) is 6.61 Å². The van der Waals surface area contributed by atoms with Crippen molar-refractivity contribution in [3.8, 4) is 5.75 Å². The fourth-order valence-corrected chi connectivity index (χ4v) is 2.56. The first-order valence-corrected chi connectivity index (χ1v) is 8.53. The van der Waals surface area contributed by atoms with Crippen LogP contribution in [0.2, 0.25) is 0 Å². The molecular formula is C17H17BrFN3OS. The van der Waals surface area contributed by atoms with Gasteiger partial charge in [0, 0.05) is 12.1 Å². The van der Waals surface area contributed by atoms with Crippen LogP contribution in [0.15, 0.2) is 52.0 Å². The lowest BCUT2D eigenvalue weighted by molar-refractivity contribution is 0.298. The van der Waals surface area contributed by atoms with Crippen LogP contribution in [0.25, 0.3) is 0 Å². The molecule has 0 unspecified atom stereocenters. The summed E-state index contributed by atoms with van der Waals surface area (Å²) in [5, 5.41) is 7.45. The van der Waals surface area contributed by atoms with E-state index in [0.717, 1.165) is 16.6 Å². The maximum Gasteiger partial charge on any atom is 0.186 e. The highest BCUT2D eigenvalue weighted by atomic mass is 79.9. The van der Waals surface area contributed by atoms with E-state index in [2.05, 4.69) is 31.8 Å². The standard InChI is InChI=1S/C17H17BrFN3OS/c1-2-20-17(24)22-21-10-12-7-8-16(14(18)9-12)23-11-13-5-3-4-6-15(13)19/h3-10H,2,11H2,1H3,(H2,20,22,24). The van der Waals surface area contributed by atoms with Crippen LogP contribution in [0.1, 0.15) is 18.1 Å². The Hall–Kier alpha value is -1.99. The maximum absolute atomic E-state index is 13.6. The zero-order valence-electron chi connectivity index (χ0n) is 13.1. The highest BCUT2D eigenvalue weighted by Crippen LogP contribution is 2.26. The maximum atomic E-state index is 13.6. The number of benzene rings is 2. The van der Waals surface area contributed by atoms with E-state index >= 15 is 0 Å². The van der Waals surface area contributed by atoms with Gasteiger partial charge in [-0.3, -0.25) is 5.43 Å². The molecule has 126 valence electrons. The molecule has 2 N–H and O–H groups in total. The van der Waals surface area contributed by atoms with Gasteiger partial charge in [0.25, 0.3) is 0 Å². The van der Waals surface area contributed by atoms with Gasteiger partial charge in [-0.2, -0.15) is 5.10 Å². The normalized spacial score (nSPS) is 10.6. The number of nitrogens with one attached hydrogen (secondary N) is 2. The lowest BCUT2D eigenvalue weighted by atomic mass is 10.2. The van der Waals surface area contributed by atoms with Gasteiger partial charge in [0.15, 0.2) is 5.11 Å². The van der Waals surface area contributed by atoms with Gasteiger partial charge in [-0.1, -0.05) is 18.2 Å². The van der Waals surface area contributed by atoms with E-state index in [1.165, 1.54) is 6.07 Å². The number of hydrogen-bond acceptors (Lipinski definition) is 3. The molecule has 0 spiro atoms. The molecule has 2 aromatic rings. The van der Waals surface area contributed by atoms with Crippen molar-refractivity contribution in [1.29, 1.82) is 0 Å². The molecule has 0 atom stereocenters. The largest absolute Gasteiger partial charge is 0.488 e. The van der Waals surface area contributed by atoms with Crippen molar-refractivity contribution >= 4 is 39.5 Å². The fourth-order valence-electron chi connectivity index (χ4n) is 1.85. The third-order valence-electron chi connectivity index (χ3n) is 3.01. The van der Waals surface area contributed by atoms with Crippen molar-refractivity contribution in [1.82, 2.24) is 10.7 Å². The first-order chi connectivity index (χ1) is 11.6. The highest BCUT2D eigenvalue weighted by molar-refractivity contribution is 9.10. The summed E-state index contributed by atoms with van der Waals surface area (Å²) in [6.45, 7) is 2.85. The molecule has 0 fully saturated rings. The molecule has 24 heavy (non-hydrogen) atoms. The molecule has 2 aromatic carbocycles. The van der Waals surface area contributed by atoms with Gasteiger partial charge < -0.3 is 10.1 Å². The number of hydrogen-bond donors (Lipinski definition) is 2. The summed E-state index contributed by atoms with van der Waals surface area (Å²) in [4.78, 5) is 0. The van der Waals surface area contributed by atoms with E-state index in [0.29, 0.717) is 16.4 Å². The van der Waals surface area contributed by atoms with Crippen molar-refractivity contribution in [2.24, 2.45) is 5.10 Å². The predicted molar refractivity (Wildman–Crippen MR) is 102 cm³/mol. The minimum atomic E-state index is -0.278. The molecule has 0 saturated heterocycles. The van der Waals surface area contributed by atoms with E-state index in [4.69, 9.17) is 17.0 Å². The van der Waals surface area contributed by atoms with Crippen molar-refractivity contribution in [3.63, 3.8) is 0 Å². The Morgan fingerprint density at radius 1 is 1.33 bits per heavy atom. The quantitative estimate of drug-likeness (QED) is 0.430. The summed E-state index contributed by atoms with van der Waals surface area (Å²) in [6, 6.07) is 12.1. The van der Waals surface area contributed by atoms with Crippen LogP contribution in [0.4, 0.5) is 4.39 Å². The SMILES string of the molecule is CCNC(=S)NN=Cc1ccc(OCc2ccccc2F)c(Br)c1. The highest BCUT2D eigenvalue weighted by Gasteiger charge is 2.05. The zero-order chi connectivity index (χ0) is 17.4. The third kappa shape index (κ3) is 5.58. The average Bonchev–Trinajstić information content (AvgIpc) is 2.56. The molecule has 0 aliphatic heterocycles. The zero-order valence-corrected chi connectivity index (χ0v) is 15.5. The van der Waals surface area contributed by atoms with Gasteiger partial charge in [-0.05, 0) is 64.9 Å².